The molecule has 0 saturated heterocycles. The van der Waals surface area contributed by atoms with Gasteiger partial charge in [0.05, 0.1) is 38.9 Å². The van der Waals surface area contributed by atoms with Crippen LogP contribution in [0, 0.1) is 21.4 Å². The Morgan fingerprint density at radius 1 is 1.24 bits per heavy atom. The van der Waals surface area contributed by atoms with E-state index in [1.165, 1.54) is 31.4 Å². The van der Waals surface area contributed by atoms with E-state index in [0.29, 0.717) is 43.4 Å². The van der Waals surface area contributed by atoms with E-state index in [-0.39, 0.29) is 12.3 Å². The van der Waals surface area contributed by atoms with Gasteiger partial charge in [-0.05, 0) is 69.5 Å². The molecular weight excluding hydrogens is 526 g/mol. The molecule has 0 aromatic heterocycles. The van der Waals surface area contributed by atoms with Crippen LogP contribution >= 0.6 is 27.5 Å². The molecule has 1 N–H and O–H groups in total. The van der Waals surface area contributed by atoms with Crippen molar-refractivity contribution in [2.24, 2.45) is 0 Å². The number of carbonyl (C=O) groups is 1. The van der Waals surface area contributed by atoms with E-state index >= 15 is 0 Å². The Hall–Kier alpha value is -3.87. The van der Waals surface area contributed by atoms with Gasteiger partial charge in [0, 0.05) is 12.1 Å². The number of non-ortho nitro benzene ring substituents is 1. The van der Waals surface area contributed by atoms with Crippen LogP contribution in [0.3, 0.4) is 0 Å². The number of nitriles is 1. The Balaban J connectivity index is 1.79. The Morgan fingerprint density at radius 2 is 1.94 bits per heavy atom. The van der Waals surface area contributed by atoms with Crippen LogP contribution in [0.15, 0.2) is 65.1 Å². The van der Waals surface area contributed by atoms with E-state index in [1.54, 1.807) is 42.5 Å². The third kappa shape index (κ3) is 6.13. The molecule has 3 rings (SSSR count). The summed E-state index contributed by atoms with van der Waals surface area (Å²) in [6, 6.07) is 18.0. The number of hydrogen-bond acceptors (Lipinski definition) is 6. The number of nitrogens with one attached hydrogen (secondary N) is 1. The number of allylic oxidation sites excluding steroid dienone is 1. The van der Waals surface area contributed by atoms with Gasteiger partial charge < -0.3 is 14.8 Å². The lowest BCUT2D eigenvalue weighted by molar-refractivity contribution is -0.384. The molecule has 0 spiro atoms. The summed E-state index contributed by atoms with van der Waals surface area (Å²) in [7, 11) is 1.45. The summed E-state index contributed by atoms with van der Waals surface area (Å²) in [4.78, 5) is 22.6. The molecule has 172 valence electrons. The van der Waals surface area contributed by atoms with E-state index in [4.69, 9.17) is 21.1 Å². The molecule has 3 aromatic carbocycles. The number of amides is 1. The van der Waals surface area contributed by atoms with Crippen LogP contribution in [0.1, 0.15) is 11.1 Å². The zero-order chi connectivity index (χ0) is 24.7. The van der Waals surface area contributed by atoms with Gasteiger partial charge in [-0.25, -0.2) is 0 Å². The number of nitrogens with zero attached hydrogens (tertiary/aromatic N) is 2. The number of carbonyl (C=O) groups excluding carboxylic acids is 1. The van der Waals surface area contributed by atoms with Crippen LogP contribution in [-0.4, -0.2) is 24.5 Å². The largest absolute Gasteiger partial charge is 0.493 e. The summed E-state index contributed by atoms with van der Waals surface area (Å²) >= 11 is 9.47. The number of nitro groups is 1. The summed E-state index contributed by atoms with van der Waals surface area (Å²) in [6.07, 6.45) is 1.61. The molecule has 3 aromatic rings. The highest BCUT2D eigenvalue weighted by atomic mass is 79.9. The molecule has 0 radical (unpaired) electrons. The minimum Gasteiger partial charge on any atom is -0.493 e. The lowest BCUT2D eigenvalue weighted by atomic mass is 10.0. The van der Waals surface area contributed by atoms with Crippen molar-refractivity contribution >= 4 is 56.5 Å². The molecule has 0 atom stereocenters. The normalized spacial score (nSPS) is 10.8. The average molecular weight is 543 g/mol. The number of anilines is 1. The van der Waals surface area contributed by atoms with Gasteiger partial charge >= 0.3 is 0 Å². The highest BCUT2D eigenvalue weighted by Crippen LogP contribution is 2.37. The third-order valence-corrected chi connectivity index (χ3v) is 5.49. The van der Waals surface area contributed by atoms with Crippen molar-refractivity contribution in [1.82, 2.24) is 0 Å². The minimum atomic E-state index is -0.505. The fourth-order valence-electron chi connectivity index (χ4n) is 2.96. The second kappa shape index (κ2) is 11.3. The molecule has 10 heteroatoms. The topological polar surface area (TPSA) is 114 Å². The first-order valence-electron chi connectivity index (χ1n) is 9.73. The maximum atomic E-state index is 12.3. The summed E-state index contributed by atoms with van der Waals surface area (Å²) in [5.74, 6) is 0.242. The van der Waals surface area contributed by atoms with E-state index in [0.717, 1.165) is 0 Å². The number of nitro benzene ring substituents is 1. The van der Waals surface area contributed by atoms with Gasteiger partial charge in [0.2, 0.25) is 0 Å². The van der Waals surface area contributed by atoms with Gasteiger partial charge in [-0.1, -0.05) is 23.7 Å². The van der Waals surface area contributed by atoms with Gasteiger partial charge in [-0.3, -0.25) is 14.9 Å². The molecule has 0 heterocycles. The number of rotatable bonds is 8. The number of benzene rings is 3. The zero-order valence-corrected chi connectivity index (χ0v) is 20.1. The van der Waals surface area contributed by atoms with Gasteiger partial charge in [0.25, 0.3) is 11.6 Å². The minimum absolute atomic E-state index is 0.0643. The first-order valence-corrected chi connectivity index (χ1v) is 10.9. The van der Waals surface area contributed by atoms with Crippen LogP contribution < -0.4 is 14.8 Å². The molecule has 34 heavy (non-hydrogen) atoms. The maximum absolute atomic E-state index is 12.3. The monoisotopic (exact) mass is 541 g/mol. The van der Waals surface area contributed by atoms with Gasteiger partial charge in [-0.2, -0.15) is 5.26 Å². The second-order valence-electron chi connectivity index (χ2n) is 6.82. The van der Waals surface area contributed by atoms with Gasteiger partial charge in [-0.15, -0.1) is 0 Å². The van der Waals surface area contributed by atoms with Crippen LogP contribution in [0.5, 0.6) is 11.5 Å². The Kier molecular flexibility index (Phi) is 8.24. The van der Waals surface area contributed by atoms with Crippen molar-refractivity contribution in [3.8, 4) is 17.6 Å². The lowest BCUT2D eigenvalue weighted by Crippen LogP contribution is -2.20. The summed E-state index contributed by atoms with van der Waals surface area (Å²) in [5, 5.41) is 23.5. The predicted octanol–water partition coefficient (Wildman–Crippen LogP) is 6.10. The van der Waals surface area contributed by atoms with Crippen molar-refractivity contribution in [1.29, 1.82) is 5.26 Å². The smallest absolute Gasteiger partial charge is 0.269 e. The van der Waals surface area contributed by atoms with Gasteiger partial charge in [0.15, 0.2) is 18.1 Å². The quantitative estimate of drug-likeness (QED) is 0.159. The van der Waals surface area contributed by atoms with E-state index < -0.39 is 10.8 Å². The Bertz CT molecular complexity index is 1300. The average Bonchev–Trinajstić information content (AvgIpc) is 2.83. The molecule has 0 aliphatic rings. The molecule has 8 nitrogen and oxygen atoms in total. The highest BCUT2D eigenvalue weighted by Gasteiger charge is 2.15. The Labute approximate surface area is 208 Å². The molecule has 0 aliphatic heterocycles. The van der Waals surface area contributed by atoms with Crippen LogP contribution in [-0.2, 0) is 4.79 Å². The number of methoxy groups -OCH3 is 1. The van der Waals surface area contributed by atoms with Gasteiger partial charge in [0.1, 0.15) is 0 Å². The van der Waals surface area contributed by atoms with Crippen molar-refractivity contribution < 1.29 is 19.2 Å². The molecule has 0 unspecified atom stereocenters. The summed E-state index contributed by atoms with van der Waals surface area (Å²) < 4.78 is 11.6. The van der Waals surface area contributed by atoms with E-state index in [9.17, 15) is 20.2 Å². The van der Waals surface area contributed by atoms with Crippen molar-refractivity contribution in [2.45, 2.75) is 0 Å². The van der Waals surface area contributed by atoms with E-state index in [2.05, 4.69) is 27.3 Å². The fourth-order valence-corrected chi connectivity index (χ4v) is 3.72. The summed E-state index contributed by atoms with van der Waals surface area (Å²) in [6.45, 7) is -0.290. The molecule has 0 bridgehead atoms. The molecule has 0 fully saturated rings. The first-order chi connectivity index (χ1) is 16.3. The molecule has 1 amide bonds. The number of ether oxygens (including phenoxy) is 2. The van der Waals surface area contributed by atoms with Crippen LogP contribution in [0.2, 0.25) is 5.02 Å². The van der Waals surface area contributed by atoms with Crippen molar-refractivity contribution in [3.63, 3.8) is 0 Å². The number of halogens is 2. The van der Waals surface area contributed by atoms with Crippen molar-refractivity contribution in [2.75, 3.05) is 19.0 Å². The fraction of sp³-hybridized carbons (Fsp3) is 0.0833. The predicted molar refractivity (Wildman–Crippen MR) is 133 cm³/mol. The first kappa shape index (κ1) is 24.8. The highest BCUT2D eigenvalue weighted by molar-refractivity contribution is 9.10. The second-order valence-corrected chi connectivity index (χ2v) is 8.09. The number of para-hydroxylation sites is 1. The third-order valence-electron chi connectivity index (χ3n) is 4.57. The Morgan fingerprint density at radius 3 is 2.56 bits per heavy atom. The molecular formula is C24H17BrClN3O5. The SMILES string of the molecule is COc1cc(/C=C(\C#N)c2ccc([N+](=O)[O-])cc2)cc(Br)c1OCC(=O)Nc1ccccc1Cl. The lowest BCUT2D eigenvalue weighted by Gasteiger charge is -2.14. The molecule has 0 saturated carbocycles. The van der Waals surface area contributed by atoms with E-state index in [1.807, 2.05) is 0 Å². The molecule has 0 aliphatic carbocycles. The number of hydrogen-bond donors (Lipinski definition) is 1. The summed E-state index contributed by atoms with van der Waals surface area (Å²) in [5.41, 5.74) is 1.85. The van der Waals surface area contributed by atoms with Crippen LogP contribution in [0.25, 0.3) is 11.6 Å². The van der Waals surface area contributed by atoms with Crippen molar-refractivity contribution in [3.05, 3.63) is 91.4 Å². The standard InChI is InChI=1S/C24H17BrClN3O5/c1-33-22-12-15(10-17(13-27)16-6-8-18(9-7-16)29(31)32)11-19(25)24(22)34-14-23(30)28-21-5-3-2-4-20(21)26/h2-12H,14H2,1H3,(H,28,30)/b17-10+. The zero-order valence-electron chi connectivity index (χ0n) is 17.7. The maximum Gasteiger partial charge on any atom is 0.269 e. The van der Waals surface area contributed by atoms with Crippen LogP contribution in [0.4, 0.5) is 11.4 Å².